The van der Waals surface area contributed by atoms with E-state index in [0.29, 0.717) is 12.5 Å². The molecule has 1 aliphatic rings. The van der Waals surface area contributed by atoms with Crippen molar-refractivity contribution in [3.63, 3.8) is 0 Å². The van der Waals surface area contributed by atoms with Crippen molar-refractivity contribution in [1.82, 2.24) is 5.32 Å². The highest BCUT2D eigenvalue weighted by Crippen LogP contribution is 2.19. The van der Waals surface area contributed by atoms with E-state index in [0.717, 1.165) is 25.0 Å². The van der Waals surface area contributed by atoms with Gasteiger partial charge in [-0.1, -0.05) is 58.1 Å². The summed E-state index contributed by atoms with van der Waals surface area (Å²) in [5, 5.41) is 3.22. The van der Waals surface area contributed by atoms with Crippen LogP contribution in [0, 0.1) is 0 Å². The van der Waals surface area contributed by atoms with Crippen molar-refractivity contribution >= 4 is 5.91 Å². The highest BCUT2D eigenvalue weighted by molar-refractivity contribution is 5.81. The smallest absolute Gasteiger partial charge is 0.261 e. The van der Waals surface area contributed by atoms with E-state index in [4.69, 9.17) is 4.74 Å². The summed E-state index contributed by atoms with van der Waals surface area (Å²) < 4.78 is 5.91. The van der Waals surface area contributed by atoms with Gasteiger partial charge in [0.25, 0.3) is 5.91 Å². The highest BCUT2D eigenvalue weighted by Gasteiger charge is 2.22. The number of carbonyl (C=O) groups excluding carboxylic acids is 1. The molecule has 0 aromatic heterocycles. The Morgan fingerprint density at radius 3 is 2.26 bits per heavy atom. The molecule has 2 rings (SSSR count). The minimum Gasteiger partial charge on any atom is -0.481 e. The molecule has 1 amide bonds. The lowest BCUT2D eigenvalue weighted by Crippen LogP contribution is -2.43. The van der Waals surface area contributed by atoms with E-state index < -0.39 is 6.10 Å². The Bertz CT molecular complexity index is 461. The lowest BCUT2D eigenvalue weighted by Gasteiger charge is -2.24. The number of benzene rings is 1. The van der Waals surface area contributed by atoms with E-state index in [9.17, 15) is 4.79 Å². The van der Waals surface area contributed by atoms with Crippen molar-refractivity contribution in [2.24, 2.45) is 0 Å². The number of hydrogen-bond donors (Lipinski definition) is 1. The van der Waals surface area contributed by atoms with Crippen molar-refractivity contribution in [3.8, 4) is 5.75 Å². The van der Waals surface area contributed by atoms with E-state index in [1.165, 1.54) is 37.7 Å². The Kier molecular flexibility index (Phi) is 7.44. The summed E-state index contributed by atoms with van der Waals surface area (Å²) in [6.45, 7) is 4.13. The molecule has 23 heavy (non-hydrogen) atoms. The van der Waals surface area contributed by atoms with Gasteiger partial charge >= 0.3 is 0 Å². The maximum Gasteiger partial charge on any atom is 0.261 e. The zero-order valence-electron chi connectivity index (χ0n) is 14.6. The van der Waals surface area contributed by atoms with Crippen LogP contribution in [0.3, 0.4) is 0 Å². The lowest BCUT2D eigenvalue weighted by molar-refractivity contribution is -0.129. The van der Waals surface area contributed by atoms with Crippen LogP contribution in [0.15, 0.2) is 24.3 Å². The molecular weight excluding hydrogens is 286 g/mol. The van der Waals surface area contributed by atoms with Crippen molar-refractivity contribution in [3.05, 3.63) is 29.8 Å². The summed E-state index contributed by atoms with van der Waals surface area (Å²) in [6.07, 6.45) is 9.90. The molecule has 3 nitrogen and oxygen atoms in total. The predicted molar refractivity (Wildman–Crippen MR) is 94.8 cm³/mol. The van der Waals surface area contributed by atoms with E-state index in [-0.39, 0.29) is 5.91 Å². The number of ether oxygens (including phenoxy) is 1. The molecule has 1 aromatic rings. The quantitative estimate of drug-likeness (QED) is 0.830. The molecule has 128 valence electrons. The van der Waals surface area contributed by atoms with Crippen LogP contribution in [-0.2, 0) is 11.2 Å². The van der Waals surface area contributed by atoms with Crippen molar-refractivity contribution in [2.45, 2.75) is 83.8 Å². The average Bonchev–Trinajstić information content (AvgIpc) is 2.55. The Balaban J connectivity index is 1.88. The van der Waals surface area contributed by atoms with Gasteiger partial charge in [-0.25, -0.2) is 0 Å². The Labute approximate surface area is 140 Å². The van der Waals surface area contributed by atoms with Crippen molar-refractivity contribution in [1.29, 1.82) is 0 Å². The van der Waals surface area contributed by atoms with Gasteiger partial charge < -0.3 is 10.1 Å². The second-order valence-electron chi connectivity index (χ2n) is 6.56. The van der Waals surface area contributed by atoms with Gasteiger partial charge in [-0.15, -0.1) is 0 Å². The van der Waals surface area contributed by atoms with Crippen LogP contribution in [0.5, 0.6) is 5.75 Å². The maximum atomic E-state index is 12.5. The third kappa shape index (κ3) is 5.89. The van der Waals surface area contributed by atoms with Crippen LogP contribution >= 0.6 is 0 Å². The molecule has 0 radical (unpaired) electrons. The molecule has 1 N–H and O–H groups in total. The Morgan fingerprint density at radius 2 is 1.70 bits per heavy atom. The molecule has 1 aromatic carbocycles. The minimum absolute atomic E-state index is 0.0395. The van der Waals surface area contributed by atoms with E-state index in [1.54, 1.807) is 0 Å². The third-order valence-corrected chi connectivity index (χ3v) is 4.72. The summed E-state index contributed by atoms with van der Waals surface area (Å²) in [7, 11) is 0. The number of aryl methyl sites for hydroxylation is 1. The fourth-order valence-corrected chi connectivity index (χ4v) is 3.18. The first-order valence-electron chi connectivity index (χ1n) is 9.29. The topological polar surface area (TPSA) is 38.3 Å². The minimum atomic E-state index is -0.395. The third-order valence-electron chi connectivity index (χ3n) is 4.72. The highest BCUT2D eigenvalue weighted by atomic mass is 16.5. The van der Waals surface area contributed by atoms with Crippen molar-refractivity contribution < 1.29 is 9.53 Å². The molecule has 1 fully saturated rings. The van der Waals surface area contributed by atoms with Gasteiger partial charge in [-0.05, 0) is 43.4 Å². The standard InChI is InChI=1S/C20H31NO2/c1-3-16-12-14-18(15-13-16)23-19(4-2)20(22)21-17-10-8-6-5-7-9-11-17/h12-15,17,19H,3-11H2,1-2H3,(H,21,22). The summed E-state index contributed by atoms with van der Waals surface area (Å²) in [4.78, 5) is 12.5. The van der Waals surface area contributed by atoms with E-state index >= 15 is 0 Å². The van der Waals surface area contributed by atoms with Crippen LogP contribution in [0.4, 0.5) is 0 Å². The van der Waals surface area contributed by atoms with Crippen LogP contribution in [0.2, 0.25) is 0 Å². The van der Waals surface area contributed by atoms with Gasteiger partial charge in [0.05, 0.1) is 0 Å². The van der Waals surface area contributed by atoms with Crippen molar-refractivity contribution in [2.75, 3.05) is 0 Å². The summed E-state index contributed by atoms with van der Waals surface area (Å²) >= 11 is 0. The summed E-state index contributed by atoms with van der Waals surface area (Å²) in [6, 6.07) is 8.38. The molecule has 1 unspecified atom stereocenters. The van der Waals surface area contributed by atoms with Gasteiger partial charge in [-0.2, -0.15) is 0 Å². The second kappa shape index (κ2) is 9.59. The number of carbonyl (C=O) groups is 1. The molecule has 0 aliphatic heterocycles. The van der Waals surface area contributed by atoms with Gasteiger partial charge in [0.15, 0.2) is 6.10 Å². The average molecular weight is 317 g/mol. The van der Waals surface area contributed by atoms with Gasteiger partial charge in [0, 0.05) is 6.04 Å². The fourth-order valence-electron chi connectivity index (χ4n) is 3.18. The summed E-state index contributed by atoms with van der Waals surface area (Å²) in [5.74, 6) is 0.819. The Hall–Kier alpha value is -1.51. The monoisotopic (exact) mass is 317 g/mol. The predicted octanol–water partition coefficient (Wildman–Crippen LogP) is 4.64. The number of hydrogen-bond acceptors (Lipinski definition) is 2. The lowest BCUT2D eigenvalue weighted by atomic mass is 9.96. The first kappa shape index (κ1) is 17.8. The molecule has 3 heteroatoms. The first-order chi connectivity index (χ1) is 11.2. The molecule has 0 heterocycles. The van der Waals surface area contributed by atoms with E-state index in [2.05, 4.69) is 24.4 Å². The van der Waals surface area contributed by atoms with Crippen LogP contribution in [0.1, 0.15) is 70.8 Å². The van der Waals surface area contributed by atoms with Gasteiger partial charge in [-0.3, -0.25) is 4.79 Å². The molecule has 1 atom stereocenters. The fraction of sp³-hybridized carbons (Fsp3) is 0.650. The normalized spacial score (nSPS) is 17.8. The van der Waals surface area contributed by atoms with Crippen LogP contribution in [-0.4, -0.2) is 18.1 Å². The molecule has 0 bridgehead atoms. The first-order valence-corrected chi connectivity index (χ1v) is 9.29. The van der Waals surface area contributed by atoms with E-state index in [1.807, 2.05) is 19.1 Å². The number of rotatable bonds is 6. The molecule has 1 saturated carbocycles. The SMILES string of the molecule is CCc1ccc(OC(CC)C(=O)NC2CCCCCCC2)cc1. The molecule has 0 spiro atoms. The largest absolute Gasteiger partial charge is 0.481 e. The Morgan fingerprint density at radius 1 is 1.09 bits per heavy atom. The van der Waals surface area contributed by atoms with Crippen LogP contribution in [0.25, 0.3) is 0 Å². The number of nitrogens with one attached hydrogen (secondary N) is 1. The number of amides is 1. The van der Waals surface area contributed by atoms with Gasteiger partial charge in [0.2, 0.25) is 0 Å². The zero-order valence-corrected chi connectivity index (χ0v) is 14.6. The summed E-state index contributed by atoms with van der Waals surface area (Å²) in [5.41, 5.74) is 1.28. The second-order valence-corrected chi connectivity index (χ2v) is 6.56. The maximum absolute atomic E-state index is 12.5. The molecular formula is C20H31NO2. The molecule has 0 saturated heterocycles. The molecule has 1 aliphatic carbocycles. The van der Waals surface area contributed by atoms with Crippen LogP contribution < -0.4 is 10.1 Å². The zero-order chi connectivity index (χ0) is 16.5. The van der Waals surface area contributed by atoms with Gasteiger partial charge in [0.1, 0.15) is 5.75 Å².